The molecular formula is C32H41NO2. The van der Waals surface area contributed by atoms with Gasteiger partial charge in [-0.25, -0.2) is 0 Å². The van der Waals surface area contributed by atoms with Crippen LogP contribution in [0, 0.1) is 25.7 Å². The van der Waals surface area contributed by atoms with E-state index in [0.29, 0.717) is 18.4 Å². The molecule has 1 aliphatic rings. The Morgan fingerprint density at radius 1 is 1.06 bits per heavy atom. The Morgan fingerprint density at radius 3 is 2.40 bits per heavy atom. The standard InChI is InChI=1S/C32H41NO2/c1-21(2)12-28(34)18-29(13-22(3)4)35-20-25(7)30-10-8-9-11-31(30)32-17-27(19-33-32)26-15-23(5)14-24(6)16-26/h8-11,14-19,21-22,28,32,34H,7,12-13,20H2,1-6H3/b29-18-. The maximum atomic E-state index is 10.4. The van der Waals surface area contributed by atoms with Crippen LogP contribution in [0.4, 0.5) is 0 Å². The van der Waals surface area contributed by atoms with Crippen LogP contribution < -0.4 is 0 Å². The van der Waals surface area contributed by atoms with E-state index in [1.54, 1.807) is 0 Å². The summed E-state index contributed by atoms with van der Waals surface area (Å²) in [6.07, 6.45) is 7.11. The van der Waals surface area contributed by atoms with Crippen LogP contribution in [-0.4, -0.2) is 24.0 Å². The number of aliphatic hydroxyl groups is 1. The van der Waals surface area contributed by atoms with E-state index in [1.807, 2.05) is 18.4 Å². The Balaban J connectivity index is 1.77. The molecule has 0 aliphatic carbocycles. The Hall–Kier alpha value is -2.91. The molecule has 0 aromatic heterocycles. The zero-order valence-electron chi connectivity index (χ0n) is 22.2. The molecular weight excluding hydrogens is 430 g/mol. The number of hydrogen-bond acceptors (Lipinski definition) is 3. The molecule has 2 aromatic carbocycles. The van der Waals surface area contributed by atoms with Gasteiger partial charge in [-0.05, 0) is 72.1 Å². The second-order valence-corrected chi connectivity index (χ2v) is 10.6. The molecule has 3 rings (SSSR count). The lowest BCUT2D eigenvalue weighted by Gasteiger charge is -2.18. The van der Waals surface area contributed by atoms with Crippen molar-refractivity contribution >= 4 is 17.4 Å². The summed E-state index contributed by atoms with van der Waals surface area (Å²) in [7, 11) is 0. The fourth-order valence-electron chi connectivity index (χ4n) is 4.58. The molecule has 35 heavy (non-hydrogen) atoms. The topological polar surface area (TPSA) is 41.8 Å². The van der Waals surface area contributed by atoms with Crippen LogP contribution in [-0.2, 0) is 4.74 Å². The quantitative estimate of drug-likeness (QED) is 0.339. The minimum Gasteiger partial charge on any atom is -0.493 e. The van der Waals surface area contributed by atoms with Crippen molar-refractivity contribution in [1.82, 2.24) is 0 Å². The van der Waals surface area contributed by atoms with Gasteiger partial charge in [0.05, 0.1) is 17.9 Å². The number of hydrogen-bond donors (Lipinski definition) is 1. The predicted molar refractivity (Wildman–Crippen MR) is 150 cm³/mol. The maximum Gasteiger partial charge on any atom is 0.113 e. The van der Waals surface area contributed by atoms with Crippen LogP contribution in [0.2, 0.25) is 0 Å². The van der Waals surface area contributed by atoms with Crippen molar-refractivity contribution < 1.29 is 9.84 Å². The Labute approximate surface area is 212 Å². The molecule has 186 valence electrons. The molecule has 0 fully saturated rings. The Bertz CT molecular complexity index is 1100. The minimum absolute atomic E-state index is 0.0442. The smallest absolute Gasteiger partial charge is 0.113 e. The highest BCUT2D eigenvalue weighted by Gasteiger charge is 2.19. The second-order valence-electron chi connectivity index (χ2n) is 10.6. The third kappa shape index (κ3) is 7.80. The number of aryl methyl sites for hydroxylation is 2. The molecule has 2 atom stereocenters. The minimum atomic E-state index is -0.494. The van der Waals surface area contributed by atoms with Crippen molar-refractivity contribution in [3.05, 3.63) is 94.8 Å². The molecule has 3 heteroatoms. The molecule has 0 saturated heterocycles. The first-order valence-electron chi connectivity index (χ1n) is 12.7. The number of allylic oxidation sites excluding steroid dienone is 2. The molecule has 2 aromatic rings. The predicted octanol–water partition coefficient (Wildman–Crippen LogP) is 7.88. The highest BCUT2D eigenvalue weighted by atomic mass is 16.5. The summed E-state index contributed by atoms with van der Waals surface area (Å²) in [5.41, 5.74) is 7.98. The number of nitrogens with zero attached hydrogens (tertiary/aromatic N) is 1. The van der Waals surface area contributed by atoms with Gasteiger partial charge in [0.2, 0.25) is 0 Å². The van der Waals surface area contributed by atoms with Gasteiger partial charge in [-0.15, -0.1) is 0 Å². The zero-order chi connectivity index (χ0) is 25.5. The Kier molecular flexibility index (Phi) is 9.28. The van der Waals surface area contributed by atoms with Crippen LogP contribution in [0.5, 0.6) is 0 Å². The van der Waals surface area contributed by atoms with E-state index in [0.717, 1.165) is 40.9 Å². The van der Waals surface area contributed by atoms with Gasteiger partial charge < -0.3 is 9.84 Å². The van der Waals surface area contributed by atoms with Gasteiger partial charge in [-0.1, -0.05) is 87.9 Å². The van der Waals surface area contributed by atoms with Gasteiger partial charge >= 0.3 is 0 Å². The van der Waals surface area contributed by atoms with Gasteiger partial charge in [-0.3, -0.25) is 4.99 Å². The van der Waals surface area contributed by atoms with Crippen LogP contribution in [0.1, 0.15) is 74.4 Å². The van der Waals surface area contributed by atoms with Crippen molar-refractivity contribution in [3.8, 4) is 0 Å². The number of benzene rings is 2. The monoisotopic (exact) mass is 471 g/mol. The lowest BCUT2D eigenvalue weighted by atomic mass is 9.94. The van der Waals surface area contributed by atoms with E-state index < -0.39 is 6.10 Å². The lowest BCUT2D eigenvalue weighted by Crippen LogP contribution is -2.10. The first-order valence-corrected chi connectivity index (χ1v) is 12.7. The highest BCUT2D eigenvalue weighted by Crippen LogP contribution is 2.34. The van der Waals surface area contributed by atoms with E-state index in [2.05, 4.69) is 90.6 Å². The molecule has 1 heterocycles. The van der Waals surface area contributed by atoms with Crippen LogP contribution in [0.25, 0.3) is 11.1 Å². The van der Waals surface area contributed by atoms with Crippen molar-refractivity contribution in [3.63, 3.8) is 0 Å². The summed E-state index contributed by atoms with van der Waals surface area (Å²) < 4.78 is 6.20. The SMILES string of the molecule is C=C(CO/C(=C\C(O)CC(C)C)CC(C)C)c1ccccc1C1C=C(c2cc(C)cc(C)c2)C=N1. The average Bonchev–Trinajstić information content (AvgIpc) is 3.26. The van der Waals surface area contributed by atoms with Crippen LogP contribution >= 0.6 is 0 Å². The van der Waals surface area contributed by atoms with Crippen molar-refractivity contribution in [2.75, 3.05) is 6.61 Å². The number of aliphatic hydroxyl groups excluding tert-OH is 1. The third-order valence-electron chi connectivity index (χ3n) is 6.06. The summed E-state index contributed by atoms with van der Waals surface area (Å²) in [4.78, 5) is 4.82. The van der Waals surface area contributed by atoms with Crippen LogP contribution in [0.15, 0.2) is 71.9 Å². The summed E-state index contributed by atoms with van der Waals surface area (Å²) >= 11 is 0. The summed E-state index contributed by atoms with van der Waals surface area (Å²) in [6, 6.07) is 14.9. The second kappa shape index (κ2) is 12.2. The first kappa shape index (κ1) is 26.7. The summed E-state index contributed by atoms with van der Waals surface area (Å²) in [6.45, 7) is 17.5. The van der Waals surface area contributed by atoms with Gasteiger partial charge in [0, 0.05) is 12.6 Å². The normalized spacial score (nSPS) is 16.7. The van der Waals surface area contributed by atoms with E-state index in [9.17, 15) is 5.11 Å². The van der Waals surface area contributed by atoms with Gasteiger partial charge in [0.25, 0.3) is 0 Å². The van der Waals surface area contributed by atoms with Crippen LogP contribution in [0.3, 0.4) is 0 Å². The summed E-state index contributed by atoms with van der Waals surface area (Å²) in [5, 5.41) is 10.4. The molecule has 1 N–H and O–H groups in total. The van der Waals surface area contributed by atoms with E-state index in [1.165, 1.54) is 16.7 Å². The number of aliphatic imine (C=N–C) groups is 1. The van der Waals surface area contributed by atoms with E-state index in [4.69, 9.17) is 9.73 Å². The van der Waals surface area contributed by atoms with Crippen molar-refractivity contribution in [2.45, 2.75) is 66.5 Å². The fraction of sp³-hybridized carbons (Fsp3) is 0.406. The van der Waals surface area contributed by atoms with Crippen molar-refractivity contribution in [1.29, 1.82) is 0 Å². The lowest BCUT2D eigenvalue weighted by molar-refractivity contribution is 0.176. The molecule has 0 amide bonds. The zero-order valence-corrected chi connectivity index (χ0v) is 22.2. The number of ether oxygens (including phenoxy) is 1. The van der Waals surface area contributed by atoms with E-state index >= 15 is 0 Å². The van der Waals surface area contributed by atoms with E-state index in [-0.39, 0.29) is 6.04 Å². The molecule has 1 aliphatic heterocycles. The fourth-order valence-corrected chi connectivity index (χ4v) is 4.58. The third-order valence-corrected chi connectivity index (χ3v) is 6.06. The summed E-state index contributed by atoms with van der Waals surface area (Å²) in [5.74, 6) is 1.70. The first-order chi connectivity index (χ1) is 16.6. The van der Waals surface area contributed by atoms with Gasteiger partial charge in [-0.2, -0.15) is 0 Å². The Morgan fingerprint density at radius 2 is 1.74 bits per heavy atom. The van der Waals surface area contributed by atoms with Gasteiger partial charge in [0.15, 0.2) is 0 Å². The highest BCUT2D eigenvalue weighted by molar-refractivity contribution is 6.12. The molecule has 0 spiro atoms. The average molecular weight is 472 g/mol. The molecule has 3 nitrogen and oxygen atoms in total. The molecule has 0 saturated carbocycles. The molecule has 0 bridgehead atoms. The van der Waals surface area contributed by atoms with Crippen molar-refractivity contribution in [2.24, 2.45) is 16.8 Å². The molecule has 2 unspecified atom stereocenters. The molecule has 0 radical (unpaired) electrons. The largest absolute Gasteiger partial charge is 0.493 e. The van der Waals surface area contributed by atoms with Gasteiger partial charge in [0.1, 0.15) is 6.61 Å². The maximum absolute atomic E-state index is 10.4. The number of rotatable bonds is 11.